The first-order chi connectivity index (χ1) is 13.3. The van der Waals surface area contributed by atoms with E-state index >= 15 is 0 Å². The summed E-state index contributed by atoms with van der Waals surface area (Å²) in [6.07, 6.45) is -0.856. The monoisotopic (exact) mass is 383 g/mol. The molecule has 1 atom stereocenters. The van der Waals surface area contributed by atoms with E-state index in [2.05, 4.69) is 10.2 Å². The van der Waals surface area contributed by atoms with E-state index in [4.69, 9.17) is 14.3 Å². The summed E-state index contributed by atoms with van der Waals surface area (Å²) in [6.45, 7) is 1.54. The molecule has 0 saturated carbocycles. The van der Waals surface area contributed by atoms with Crippen LogP contribution in [0.3, 0.4) is 0 Å². The highest BCUT2D eigenvalue weighted by molar-refractivity contribution is 5.92. The lowest BCUT2D eigenvalue weighted by Gasteiger charge is -2.09. The van der Waals surface area contributed by atoms with Gasteiger partial charge in [-0.1, -0.05) is 0 Å². The molecule has 1 N–H and O–H groups in total. The Kier molecular flexibility index (Phi) is 5.12. The zero-order chi connectivity index (χ0) is 20.3. The van der Waals surface area contributed by atoms with Crippen LogP contribution in [0, 0.1) is 10.1 Å². The first kappa shape index (κ1) is 18.7. The Labute approximate surface area is 157 Å². The second kappa shape index (κ2) is 7.66. The average Bonchev–Trinajstić information content (AvgIpc) is 3.18. The molecule has 0 spiro atoms. The molecule has 142 valence electrons. The molecule has 10 nitrogen and oxygen atoms in total. The number of ether oxygens (including phenoxy) is 1. The summed E-state index contributed by atoms with van der Waals surface area (Å²) in [7, 11) is 0. The van der Waals surface area contributed by atoms with Crippen LogP contribution < -0.4 is 0 Å². The number of carboxylic acid groups (broad SMARTS) is 1. The van der Waals surface area contributed by atoms with Gasteiger partial charge in [0.25, 0.3) is 11.6 Å². The minimum Gasteiger partial charge on any atom is -0.478 e. The molecule has 0 radical (unpaired) electrons. The first-order valence-corrected chi connectivity index (χ1v) is 7.97. The molecule has 10 heteroatoms. The van der Waals surface area contributed by atoms with Crippen LogP contribution >= 0.6 is 0 Å². The predicted molar refractivity (Wildman–Crippen MR) is 93.6 cm³/mol. The van der Waals surface area contributed by atoms with Gasteiger partial charge < -0.3 is 14.3 Å². The molecular formula is C18H13N3O7. The maximum atomic E-state index is 12.2. The number of hydrogen-bond acceptors (Lipinski definition) is 8. The van der Waals surface area contributed by atoms with Crippen molar-refractivity contribution in [2.75, 3.05) is 0 Å². The quantitative estimate of drug-likeness (QED) is 0.385. The van der Waals surface area contributed by atoms with Crippen molar-refractivity contribution in [3.05, 3.63) is 75.7 Å². The Morgan fingerprint density at radius 1 is 1.07 bits per heavy atom. The largest absolute Gasteiger partial charge is 0.478 e. The molecule has 0 aliphatic rings. The van der Waals surface area contributed by atoms with Crippen molar-refractivity contribution in [3.63, 3.8) is 0 Å². The minimum atomic E-state index is -1.10. The third kappa shape index (κ3) is 4.01. The van der Waals surface area contributed by atoms with Gasteiger partial charge in [0, 0.05) is 17.7 Å². The average molecular weight is 383 g/mol. The lowest BCUT2D eigenvalue weighted by Crippen LogP contribution is -2.10. The molecule has 1 heterocycles. The highest BCUT2D eigenvalue weighted by Crippen LogP contribution is 2.24. The highest BCUT2D eigenvalue weighted by Gasteiger charge is 2.20. The van der Waals surface area contributed by atoms with Gasteiger partial charge in [-0.2, -0.15) is 0 Å². The third-order valence-corrected chi connectivity index (χ3v) is 3.76. The Hall–Kier alpha value is -4.08. The molecule has 0 saturated heterocycles. The van der Waals surface area contributed by atoms with Crippen LogP contribution in [0.25, 0.3) is 11.5 Å². The molecule has 1 unspecified atom stereocenters. The summed E-state index contributed by atoms with van der Waals surface area (Å²) in [4.78, 5) is 33.2. The number of carbonyl (C=O) groups is 2. The minimum absolute atomic E-state index is 0.0452. The van der Waals surface area contributed by atoms with Crippen molar-refractivity contribution in [2.24, 2.45) is 0 Å². The van der Waals surface area contributed by atoms with E-state index in [9.17, 15) is 19.7 Å². The highest BCUT2D eigenvalue weighted by atomic mass is 16.6. The van der Waals surface area contributed by atoms with Crippen LogP contribution in [0.2, 0.25) is 0 Å². The molecule has 0 aliphatic carbocycles. The molecule has 1 aromatic heterocycles. The first-order valence-electron chi connectivity index (χ1n) is 7.97. The van der Waals surface area contributed by atoms with Gasteiger partial charge in [0.05, 0.1) is 16.1 Å². The van der Waals surface area contributed by atoms with Gasteiger partial charge in [-0.25, -0.2) is 9.59 Å². The zero-order valence-electron chi connectivity index (χ0n) is 14.4. The Bertz CT molecular complexity index is 1030. The van der Waals surface area contributed by atoms with Gasteiger partial charge >= 0.3 is 11.9 Å². The van der Waals surface area contributed by atoms with E-state index in [1.54, 1.807) is 0 Å². The van der Waals surface area contributed by atoms with Gasteiger partial charge in [-0.15, -0.1) is 10.2 Å². The van der Waals surface area contributed by atoms with Crippen molar-refractivity contribution in [1.82, 2.24) is 10.2 Å². The van der Waals surface area contributed by atoms with Gasteiger partial charge in [0.1, 0.15) is 0 Å². The number of aromatic nitrogens is 2. The fourth-order valence-corrected chi connectivity index (χ4v) is 2.27. The predicted octanol–water partition coefficient (Wildman–Crippen LogP) is 3.26. The summed E-state index contributed by atoms with van der Waals surface area (Å²) in [5.74, 6) is -1.61. The van der Waals surface area contributed by atoms with E-state index in [1.165, 1.54) is 55.5 Å². The lowest BCUT2D eigenvalue weighted by atomic mass is 10.1. The van der Waals surface area contributed by atoms with Crippen LogP contribution in [0.15, 0.2) is 52.9 Å². The zero-order valence-corrected chi connectivity index (χ0v) is 14.4. The number of benzene rings is 2. The van der Waals surface area contributed by atoms with Crippen molar-refractivity contribution in [3.8, 4) is 11.5 Å². The van der Waals surface area contributed by atoms with Crippen LogP contribution in [0.1, 0.15) is 39.6 Å². The Morgan fingerprint density at radius 3 is 2.25 bits per heavy atom. The normalized spacial score (nSPS) is 11.6. The SMILES string of the molecule is CC(OC(=O)c1ccc(C(=O)O)cc1)c1nnc(-c2ccc([N+](=O)[O-])cc2)o1. The van der Waals surface area contributed by atoms with Crippen molar-refractivity contribution < 1.29 is 28.8 Å². The molecule has 0 amide bonds. The van der Waals surface area contributed by atoms with Gasteiger partial charge in [-0.3, -0.25) is 10.1 Å². The summed E-state index contributed by atoms with van der Waals surface area (Å²) in [6, 6.07) is 10.8. The van der Waals surface area contributed by atoms with Crippen LogP contribution in [-0.2, 0) is 4.74 Å². The van der Waals surface area contributed by atoms with E-state index in [-0.39, 0.29) is 28.6 Å². The number of nitrogens with zero attached hydrogens (tertiary/aromatic N) is 3. The summed E-state index contributed by atoms with van der Waals surface area (Å²) in [5, 5.41) is 27.2. The summed E-state index contributed by atoms with van der Waals surface area (Å²) < 4.78 is 10.7. The van der Waals surface area contributed by atoms with Crippen LogP contribution in [-0.4, -0.2) is 32.2 Å². The number of non-ortho nitro benzene ring substituents is 1. The molecule has 0 bridgehead atoms. The fraction of sp³-hybridized carbons (Fsp3) is 0.111. The third-order valence-electron chi connectivity index (χ3n) is 3.76. The standard InChI is InChI=1S/C18H13N3O7/c1-10(27-18(24)13-4-2-12(3-5-13)17(22)23)15-19-20-16(28-15)11-6-8-14(9-7-11)21(25)26/h2-10H,1H3,(H,22,23). The molecule has 0 aliphatic heterocycles. The Morgan fingerprint density at radius 2 is 1.68 bits per heavy atom. The van der Waals surface area contributed by atoms with Gasteiger partial charge in [-0.05, 0) is 43.3 Å². The number of carbonyl (C=O) groups excluding carboxylic acids is 1. The smallest absolute Gasteiger partial charge is 0.338 e. The molecule has 0 fully saturated rings. The number of nitro benzene ring substituents is 1. The summed E-state index contributed by atoms with van der Waals surface area (Å²) in [5.41, 5.74) is 0.632. The maximum Gasteiger partial charge on any atom is 0.338 e. The van der Waals surface area contributed by atoms with Crippen molar-refractivity contribution in [1.29, 1.82) is 0 Å². The van der Waals surface area contributed by atoms with Gasteiger partial charge in [0.15, 0.2) is 6.10 Å². The van der Waals surface area contributed by atoms with Gasteiger partial charge in [0.2, 0.25) is 5.89 Å². The van der Waals surface area contributed by atoms with E-state index in [0.29, 0.717) is 5.56 Å². The molecular weight excluding hydrogens is 370 g/mol. The number of aromatic carboxylic acids is 1. The number of carboxylic acids is 1. The topological polar surface area (TPSA) is 146 Å². The summed E-state index contributed by atoms with van der Waals surface area (Å²) >= 11 is 0. The van der Waals surface area contributed by atoms with E-state index in [1.807, 2.05) is 0 Å². The van der Waals surface area contributed by atoms with Crippen LogP contribution in [0.4, 0.5) is 5.69 Å². The van der Waals surface area contributed by atoms with Crippen LogP contribution in [0.5, 0.6) is 0 Å². The fourth-order valence-electron chi connectivity index (χ4n) is 2.27. The van der Waals surface area contributed by atoms with Crippen molar-refractivity contribution in [2.45, 2.75) is 13.0 Å². The maximum absolute atomic E-state index is 12.2. The number of hydrogen-bond donors (Lipinski definition) is 1. The van der Waals surface area contributed by atoms with E-state index in [0.717, 1.165) is 0 Å². The number of rotatable bonds is 6. The Balaban J connectivity index is 1.69. The number of nitro groups is 1. The lowest BCUT2D eigenvalue weighted by molar-refractivity contribution is -0.384. The molecule has 28 heavy (non-hydrogen) atoms. The molecule has 3 aromatic rings. The second-order valence-electron chi connectivity index (χ2n) is 5.68. The molecule has 2 aromatic carbocycles. The molecule has 3 rings (SSSR count). The number of esters is 1. The van der Waals surface area contributed by atoms with E-state index < -0.39 is 23.0 Å². The van der Waals surface area contributed by atoms with Crippen molar-refractivity contribution >= 4 is 17.6 Å². The second-order valence-corrected chi connectivity index (χ2v) is 5.68.